The van der Waals surface area contributed by atoms with Gasteiger partial charge in [-0.25, -0.2) is 9.78 Å². The molecule has 2 N–H and O–H groups in total. The third kappa shape index (κ3) is 3.39. The number of furan rings is 1. The molecule has 1 aromatic carbocycles. The minimum Gasteiger partial charge on any atom is -0.464 e. The largest absolute Gasteiger partial charge is 0.464 e. The summed E-state index contributed by atoms with van der Waals surface area (Å²) in [5.41, 5.74) is 8.09. The maximum atomic E-state index is 11.4. The summed E-state index contributed by atoms with van der Waals surface area (Å²) >= 11 is 1.47. The third-order valence-corrected chi connectivity index (χ3v) is 7.13. The van der Waals surface area contributed by atoms with Crippen LogP contribution in [0.4, 0.5) is 4.79 Å². The number of hydrogen-bond acceptors (Lipinski definition) is 7. The van der Waals surface area contributed by atoms with Gasteiger partial charge in [0, 0.05) is 55.9 Å². The Morgan fingerprint density at radius 2 is 2.06 bits per heavy atom. The first-order valence-electron chi connectivity index (χ1n) is 10.3. The average molecular weight is 436 g/mol. The monoisotopic (exact) mass is 435 g/mol. The molecule has 9 heteroatoms. The lowest BCUT2D eigenvalue weighted by Crippen LogP contribution is -2.36. The van der Waals surface area contributed by atoms with Gasteiger partial charge in [-0.1, -0.05) is 11.3 Å². The number of carbonyl (C=O) groups excluding carboxylic acids is 1. The van der Waals surface area contributed by atoms with E-state index in [-0.39, 0.29) is 6.03 Å². The number of amides is 2. The van der Waals surface area contributed by atoms with Crippen molar-refractivity contribution in [3.63, 3.8) is 0 Å². The number of pyridine rings is 1. The molecule has 3 aromatic heterocycles. The van der Waals surface area contributed by atoms with Crippen molar-refractivity contribution in [1.29, 1.82) is 0 Å². The van der Waals surface area contributed by atoms with E-state index in [0.29, 0.717) is 28.4 Å². The number of carbonyl (C=O) groups is 1. The van der Waals surface area contributed by atoms with Gasteiger partial charge in [-0.15, -0.1) is 0 Å². The summed E-state index contributed by atoms with van der Waals surface area (Å²) in [6.45, 7) is 4.33. The topological polar surface area (TPSA) is 97.7 Å². The summed E-state index contributed by atoms with van der Waals surface area (Å²) in [5.74, 6) is 1.71. The molecule has 2 unspecified atom stereocenters. The highest BCUT2D eigenvalue weighted by molar-refractivity contribution is 7.20. The van der Waals surface area contributed by atoms with Gasteiger partial charge in [0.2, 0.25) is 0 Å². The lowest BCUT2D eigenvalue weighted by atomic mass is 10.0. The number of ether oxygens (including phenoxy) is 1. The van der Waals surface area contributed by atoms with Gasteiger partial charge >= 0.3 is 6.03 Å². The summed E-state index contributed by atoms with van der Waals surface area (Å²) in [6, 6.07) is 9.46. The Hall–Kier alpha value is -3.17. The number of primary amides is 1. The number of aromatic nitrogens is 2. The van der Waals surface area contributed by atoms with Crippen molar-refractivity contribution in [3.05, 3.63) is 48.4 Å². The molecule has 2 amide bonds. The van der Waals surface area contributed by atoms with Crippen molar-refractivity contribution < 1.29 is 13.9 Å². The molecule has 8 nitrogen and oxygen atoms in total. The van der Waals surface area contributed by atoms with Crippen molar-refractivity contribution in [3.8, 4) is 10.9 Å². The lowest BCUT2D eigenvalue weighted by molar-refractivity contribution is 0.208. The standard InChI is InChI=1S/C22H21N5O3S/c23-21(28)27-10-13-7-26(8-14(13)11-27)9-15-12-29-18-6-16(3-4-17(15)18)30-22-25-20-19(31-22)2-1-5-24-20/h1-6,12-14H,7-11H2,(H2,23,28). The minimum absolute atomic E-state index is 0.304. The number of urea groups is 1. The maximum Gasteiger partial charge on any atom is 0.314 e. The molecule has 2 atom stereocenters. The molecule has 2 fully saturated rings. The highest BCUT2D eigenvalue weighted by Gasteiger charge is 2.41. The fourth-order valence-electron chi connectivity index (χ4n) is 4.78. The summed E-state index contributed by atoms with van der Waals surface area (Å²) < 4.78 is 12.8. The molecule has 158 valence electrons. The number of nitrogens with zero attached hydrogens (tertiary/aromatic N) is 4. The van der Waals surface area contributed by atoms with Gasteiger partial charge in [-0.05, 0) is 36.1 Å². The molecule has 6 rings (SSSR count). The summed E-state index contributed by atoms with van der Waals surface area (Å²) in [7, 11) is 0. The van der Waals surface area contributed by atoms with Crippen molar-refractivity contribution >= 4 is 38.7 Å². The molecule has 2 aliphatic rings. The summed E-state index contributed by atoms with van der Waals surface area (Å²) in [6.07, 6.45) is 3.56. The molecular weight excluding hydrogens is 414 g/mol. The van der Waals surface area contributed by atoms with Crippen LogP contribution in [-0.4, -0.2) is 52.0 Å². The van der Waals surface area contributed by atoms with E-state index in [1.54, 1.807) is 11.1 Å². The number of rotatable bonds is 4. The zero-order chi connectivity index (χ0) is 20.9. The van der Waals surface area contributed by atoms with E-state index >= 15 is 0 Å². The fourth-order valence-corrected chi connectivity index (χ4v) is 5.58. The van der Waals surface area contributed by atoms with Crippen molar-refractivity contribution in [2.24, 2.45) is 17.6 Å². The minimum atomic E-state index is -0.304. The second kappa shape index (κ2) is 7.21. The van der Waals surface area contributed by atoms with Crippen molar-refractivity contribution in [1.82, 2.24) is 19.8 Å². The van der Waals surface area contributed by atoms with Crippen molar-refractivity contribution in [2.75, 3.05) is 26.2 Å². The Morgan fingerprint density at radius 3 is 2.84 bits per heavy atom. The lowest BCUT2D eigenvalue weighted by Gasteiger charge is -2.19. The maximum absolute atomic E-state index is 11.4. The number of hydrogen-bond donors (Lipinski definition) is 1. The van der Waals surface area contributed by atoms with Crippen LogP contribution in [0.2, 0.25) is 0 Å². The van der Waals surface area contributed by atoms with Gasteiger partial charge in [0.15, 0.2) is 5.65 Å². The number of nitrogens with two attached hydrogens (primary N) is 1. The third-order valence-electron chi connectivity index (χ3n) is 6.25. The first-order chi connectivity index (χ1) is 15.1. The summed E-state index contributed by atoms with van der Waals surface area (Å²) in [5, 5.41) is 1.66. The number of likely N-dealkylation sites (tertiary alicyclic amines) is 2. The highest BCUT2D eigenvalue weighted by atomic mass is 32.1. The predicted molar refractivity (Wildman–Crippen MR) is 117 cm³/mol. The van der Waals surface area contributed by atoms with E-state index in [1.807, 2.05) is 36.6 Å². The molecule has 4 aromatic rings. The van der Waals surface area contributed by atoms with Gasteiger partial charge in [0.25, 0.3) is 5.19 Å². The molecule has 0 aliphatic carbocycles. The van der Waals surface area contributed by atoms with E-state index in [9.17, 15) is 4.79 Å². The molecule has 0 spiro atoms. The van der Waals surface area contributed by atoms with E-state index in [1.165, 1.54) is 11.3 Å². The molecule has 0 bridgehead atoms. The van der Waals surface area contributed by atoms with Crippen LogP contribution in [0, 0.1) is 11.8 Å². The van der Waals surface area contributed by atoms with Crippen LogP contribution in [0.1, 0.15) is 5.56 Å². The van der Waals surface area contributed by atoms with Crippen LogP contribution in [-0.2, 0) is 6.54 Å². The number of benzene rings is 1. The Morgan fingerprint density at radius 1 is 1.23 bits per heavy atom. The zero-order valence-electron chi connectivity index (χ0n) is 16.7. The molecule has 5 heterocycles. The molecule has 2 aliphatic heterocycles. The average Bonchev–Trinajstić information content (AvgIpc) is 3.50. The van der Waals surface area contributed by atoms with Gasteiger partial charge < -0.3 is 19.8 Å². The van der Waals surface area contributed by atoms with Crippen LogP contribution in [0.5, 0.6) is 10.9 Å². The number of thiazole rings is 1. The molecule has 31 heavy (non-hydrogen) atoms. The molecule has 0 saturated carbocycles. The second-order valence-electron chi connectivity index (χ2n) is 8.28. The van der Waals surface area contributed by atoms with Crippen LogP contribution in [0.25, 0.3) is 21.3 Å². The number of fused-ring (bicyclic) bond motifs is 3. The van der Waals surface area contributed by atoms with Gasteiger partial charge in [-0.3, -0.25) is 4.90 Å². The normalized spacial score (nSPS) is 21.2. The predicted octanol–water partition coefficient (Wildman–Crippen LogP) is 3.67. The summed E-state index contributed by atoms with van der Waals surface area (Å²) in [4.78, 5) is 24.3. The first-order valence-corrected chi connectivity index (χ1v) is 11.1. The van der Waals surface area contributed by atoms with Crippen LogP contribution >= 0.6 is 11.3 Å². The first kappa shape index (κ1) is 18.6. The Bertz CT molecular complexity index is 1240. The van der Waals surface area contributed by atoms with E-state index < -0.39 is 0 Å². The van der Waals surface area contributed by atoms with Crippen LogP contribution in [0.3, 0.4) is 0 Å². The quantitative estimate of drug-likeness (QED) is 0.525. The van der Waals surface area contributed by atoms with E-state index in [4.69, 9.17) is 14.9 Å². The second-order valence-corrected chi connectivity index (χ2v) is 9.28. The fraction of sp³-hybridized carbons (Fsp3) is 0.318. The Balaban J connectivity index is 1.16. The Labute approximate surface area is 182 Å². The Kier molecular flexibility index (Phi) is 4.32. The van der Waals surface area contributed by atoms with E-state index in [2.05, 4.69) is 14.9 Å². The van der Waals surface area contributed by atoms with Crippen molar-refractivity contribution in [2.45, 2.75) is 6.54 Å². The molecule has 0 radical (unpaired) electrons. The van der Waals surface area contributed by atoms with Crippen LogP contribution in [0.15, 0.2) is 47.2 Å². The van der Waals surface area contributed by atoms with E-state index in [0.717, 1.165) is 54.0 Å². The molecular formula is C22H21N5O3S. The van der Waals surface area contributed by atoms with Gasteiger partial charge in [0.1, 0.15) is 11.3 Å². The zero-order valence-corrected chi connectivity index (χ0v) is 17.5. The van der Waals surface area contributed by atoms with Gasteiger partial charge in [-0.2, -0.15) is 4.98 Å². The highest BCUT2D eigenvalue weighted by Crippen LogP contribution is 2.35. The molecule has 2 saturated heterocycles. The smallest absolute Gasteiger partial charge is 0.314 e. The SMILES string of the molecule is NC(=O)N1CC2CN(Cc3coc4cc(Oc5nc6ncccc6s5)ccc34)CC2C1. The van der Waals surface area contributed by atoms with Crippen LogP contribution < -0.4 is 10.5 Å². The van der Waals surface area contributed by atoms with Gasteiger partial charge in [0.05, 0.1) is 11.0 Å².